The molecule has 1 saturated heterocycles. The van der Waals surface area contributed by atoms with E-state index in [9.17, 15) is 0 Å². The Morgan fingerprint density at radius 3 is 3.08 bits per heavy atom. The summed E-state index contributed by atoms with van der Waals surface area (Å²) in [6, 6.07) is 2.88. The van der Waals surface area contributed by atoms with Crippen molar-refractivity contribution in [2.45, 2.75) is 31.7 Å². The van der Waals surface area contributed by atoms with Gasteiger partial charge >= 0.3 is 0 Å². The van der Waals surface area contributed by atoms with Crippen molar-refractivity contribution in [3.63, 3.8) is 0 Å². The smallest absolute Gasteiger partial charge is 0.0108 e. The second kappa shape index (κ2) is 3.76. The molecule has 2 heterocycles. The van der Waals surface area contributed by atoms with Crippen LogP contribution in [0.3, 0.4) is 0 Å². The summed E-state index contributed by atoms with van der Waals surface area (Å²) in [6.45, 7) is 1.20. The Morgan fingerprint density at radius 1 is 1.42 bits per heavy atom. The van der Waals surface area contributed by atoms with E-state index < -0.39 is 0 Å². The molecule has 0 aliphatic carbocycles. The van der Waals surface area contributed by atoms with Gasteiger partial charge in [0.25, 0.3) is 0 Å². The van der Waals surface area contributed by atoms with Gasteiger partial charge < -0.3 is 10.3 Å². The molecule has 1 aromatic rings. The molecule has 0 radical (unpaired) electrons. The topological polar surface area (TPSA) is 27.8 Å². The van der Waals surface area contributed by atoms with Gasteiger partial charge in [0, 0.05) is 18.4 Å². The maximum Gasteiger partial charge on any atom is 0.0108 e. The minimum absolute atomic E-state index is 0.717. The Morgan fingerprint density at radius 2 is 2.42 bits per heavy atom. The van der Waals surface area contributed by atoms with E-state index in [-0.39, 0.29) is 0 Å². The fourth-order valence-electron chi connectivity index (χ4n) is 1.87. The first kappa shape index (κ1) is 7.87. The van der Waals surface area contributed by atoms with E-state index in [2.05, 4.69) is 22.6 Å². The van der Waals surface area contributed by atoms with Gasteiger partial charge in [-0.05, 0) is 37.4 Å². The predicted molar refractivity (Wildman–Crippen MR) is 50.1 cm³/mol. The van der Waals surface area contributed by atoms with E-state index >= 15 is 0 Å². The summed E-state index contributed by atoms with van der Waals surface area (Å²) in [5, 5.41) is 3.54. The lowest BCUT2D eigenvalue weighted by Crippen LogP contribution is -2.35. The zero-order chi connectivity index (χ0) is 8.23. The summed E-state index contributed by atoms with van der Waals surface area (Å²) in [6.07, 6.45) is 9.36. The highest BCUT2D eigenvalue weighted by atomic mass is 14.9. The molecule has 1 atom stereocenters. The fourth-order valence-corrected chi connectivity index (χ4v) is 1.87. The predicted octanol–water partition coefficient (Wildman–Crippen LogP) is 1.70. The van der Waals surface area contributed by atoms with Crippen molar-refractivity contribution in [3.8, 4) is 0 Å². The molecule has 1 aliphatic rings. The van der Waals surface area contributed by atoms with Gasteiger partial charge in [0.1, 0.15) is 0 Å². The summed E-state index contributed by atoms with van der Waals surface area (Å²) < 4.78 is 0. The first-order chi connectivity index (χ1) is 5.95. The van der Waals surface area contributed by atoms with Crippen LogP contribution >= 0.6 is 0 Å². The minimum Gasteiger partial charge on any atom is -0.367 e. The van der Waals surface area contributed by atoms with Gasteiger partial charge in [-0.1, -0.05) is 6.42 Å². The SMILES string of the molecule is c1cc(CC2CCCCN2)c[nH]1. The monoisotopic (exact) mass is 164 g/mol. The van der Waals surface area contributed by atoms with E-state index in [0.717, 1.165) is 6.04 Å². The molecule has 1 aromatic heterocycles. The highest BCUT2D eigenvalue weighted by Gasteiger charge is 2.12. The maximum absolute atomic E-state index is 3.54. The third kappa shape index (κ3) is 1.89. The molecule has 2 rings (SSSR count). The van der Waals surface area contributed by atoms with Crippen LogP contribution in [0.15, 0.2) is 18.5 Å². The molecule has 2 N–H and O–H groups in total. The van der Waals surface area contributed by atoms with Crippen molar-refractivity contribution in [2.24, 2.45) is 0 Å². The van der Waals surface area contributed by atoms with Crippen LogP contribution in [0.5, 0.6) is 0 Å². The molecular weight excluding hydrogens is 148 g/mol. The van der Waals surface area contributed by atoms with Crippen LogP contribution in [-0.4, -0.2) is 17.6 Å². The lowest BCUT2D eigenvalue weighted by atomic mass is 9.99. The van der Waals surface area contributed by atoms with Crippen molar-refractivity contribution >= 4 is 0 Å². The zero-order valence-electron chi connectivity index (χ0n) is 7.34. The van der Waals surface area contributed by atoms with Gasteiger partial charge in [-0.3, -0.25) is 0 Å². The first-order valence-corrected chi connectivity index (χ1v) is 4.80. The number of rotatable bonds is 2. The lowest BCUT2D eigenvalue weighted by molar-refractivity contribution is 0.399. The third-order valence-corrected chi connectivity index (χ3v) is 2.56. The summed E-state index contributed by atoms with van der Waals surface area (Å²) in [5.74, 6) is 0. The summed E-state index contributed by atoms with van der Waals surface area (Å²) >= 11 is 0. The van der Waals surface area contributed by atoms with Crippen molar-refractivity contribution in [2.75, 3.05) is 6.54 Å². The van der Waals surface area contributed by atoms with E-state index in [0.29, 0.717) is 0 Å². The van der Waals surface area contributed by atoms with E-state index in [1.807, 2.05) is 6.20 Å². The molecule has 0 amide bonds. The molecule has 1 aliphatic heterocycles. The molecular formula is C10H16N2. The molecule has 0 saturated carbocycles. The minimum atomic E-state index is 0.717. The molecule has 1 unspecified atom stereocenters. The summed E-state index contributed by atoms with van der Waals surface area (Å²) in [5.41, 5.74) is 1.43. The number of hydrogen-bond donors (Lipinski definition) is 2. The summed E-state index contributed by atoms with van der Waals surface area (Å²) in [4.78, 5) is 3.09. The van der Waals surface area contributed by atoms with Crippen molar-refractivity contribution < 1.29 is 0 Å². The number of aromatic nitrogens is 1. The van der Waals surface area contributed by atoms with Gasteiger partial charge in [0.2, 0.25) is 0 Å². The normalized spacial score (nSPS) is 24.2. The van der Waals surface area contributed by atoms with Crippen molar-refractivity contribution in [1.82, 2.24) is 10.3 Å². The average Bonchev–Trinajstić information content (AvgIpc) is 2.59. The molecule has 1 fully saturated rings. The molecule has 12 heavy (non-hydrogen) atoms. The first-order valence-electron chi connectivity index (χ1n) is 4.80. The molecule has 66 valence electrons. The fraction of sp³-hybridized carbons (Fsp3) is 0.600. The zero-order valence-corrected chi connectivity index (χ0v) is 7.34. The average molecular weight is 164 g/mol. The highest BCUT2D eigenvalue weighted by molar-refractivity contribution is 5.10. The van der Waals surface area contributed by atoms with Crippen LogP contribution in [0.2, 0.25) is 0 Å². The number of piperidine rings is 1. The van der Waals surface area contributed by atoms with Crippen LogP contribution in [0.25, 0.3) is 0 Å². The van der Waals surface area contributed by atoms with Crippen LogP contribution in [0, 0.1) is 0 Å². The Bertz CT molecular complexity index is 210. The van der Waals surface area contributed by atoms with E-state index in [1.54, 1.807) is 0 Å². The second-order valence-electron chi connectivity index (χ2n) is 3.57. The van der Waals surface area contributed by atoms with Gasteiger partial charge in [-0.15, -0.1) is 0 Å². The number of hydrogen-bond acceptors (Lipinski definition) is 1. The van der Waals surface area contributed by atoms with Crippen molar-refractivity contribution in [1.29, 1.82) is 0 Å². The third-order valence-electron chi connectivity index (χ3n) is 2.56. The van der Waals surface area contributed by atoms with Gasteiger partial charge in [-0.25, -0.2) is 0 Å². The lowest BCUT2D eigenvalue weighted by Gasteiger charge is -2.22. The molecule has 0 aromatic carbocycles. The van der Waals surface area contributed by atoms with Crippen LogP contribution in [0.1, 0.15) is 24.8 Å². The van der Waals surface area contributed by atoms with Crippen LogP contribution in [-0.2, 0) is 6.42 Å². The number of aromatic amines is 1. The Hall–Kier alpha value is -0.760. The molecule has 2 heteroatoms. The van der Waals surface area contributed by atoms with Crippen molar-refractivity contribution in [3.05, 3.63) is 24.0 Å². The largest absolute Gasteiger partial charge is 0.367 e. The van der Waals surface area contributed by atoms with Crippen LogP contribution < -0.4 is 5.32 Å². The number of nitrogens with one attached hydrogen (secondary N) is 2. The van der Waals surface area contributed by atoms with Gasteiger partial charge in [0.05, 0.1) is 0 Å². The van der Waals surface area contributed by atoms with E-state index in [1.165, 1.54) is 37.8 Å². The van der Waals surface area contributed by atoms with Crippen LogP contribution in [0.4, 0.5) is 0 Å². The Kier molecular flexibility index (Phi) is 2.47. The molecule has 2 nitrogen and oxygen atoms in total. The maximum atomic E-state index is 3.54. The Labute approximate surface area is 73.4 Å². The molecule has 0 spiro atoms. The van der Waals surface area contributed by atoms with Gasteiger partial charge in [0.15, 0.2) is 0 Å². The quantitative estimate of drug-likeness (QED) is 0.684. The number of H-pyrrole nitrogens is 1. The second-order valence-corrected chi connectivity index (χ2v) is 3.57. The van der Waals surface area contributed by atoms with E-state index in [4.69, 9.17) is 0 Å². The summed E-state index contributed by atoms with van der Waals surface area (Å²) in [7, 11) is 0. The molecule has 0 bridgehead atoms. The highest BCUT2D eigenvalue weighted by Crippen LogP contribution is 2.11. The van der Waals surface area contributed by atoms with Gasteiger partial charge in [-0.2, -0.15) is 0 Å². The Balaban J connectivity index is 1.86. The standard InChI is InChI=1S/C10H16N2/c1-2-5-12-10(3-1)7-9-4-6-11-8-9/h4,6,8,10-12H,1-3,5,7H2.